The van der Waals surface area contributed by atoms with Crippen LogP contribution in [0.3, 0.4) is 0 Å². The molecule has 192 valence electrons. The largest absolute Gasteiger partial charge is 0.497 e. The van der Waals surface area contributed by atoms with E-state index < -0.39 is 28.5 Å². The van der Waals surface area contributed by atoms with Gasteiger partial charge in [0.25, 0.3) is 0 Å². The number of likely N-dealkylation sites (N-methyl/N-ethyl adjacent to an activating group) is 1. The van der Waals surface area contributed by atoms with Crippen LogP contribution < -0.4 is 19.1 Å². The van der Waals surface area contributed by atoms with Crippen LogP contribution >= 0.6 is 0 Å². The van der Waals surface area contributed by atoms with E-state index in [9.17, 15) is 18.0 Å². The minimum atomic E-state index is -3.88. The van der Waals surface area contributed by atoms with Crippen molar-refractivity contribution in [2.75, 3.05) is 37.9 Å². The van der Waals surface area contributed by atoms with E-state index in [1.807, 2.05) is 38.1 Å². The van der Waals surface area contributed by atoms with Crippen LogP contribution in [0.1, 0.15) is 31.4 Å². The van der Waals surface area contributed by atoms with Gasteiger partial charge < -0.3 is 19.7 Å². The number of methoxy groups -OCH3 is 2. The highest BCUT2D eigenvalue weighted by Crippen LogP contribution is 2.33. The second-order valence-corrected chi connectivity index (χ2v) is 10.0. The van der Waals surface area contributed by atoms with Crippen LogP contribution in [-0.4, -0.2) is 64.7 Å². The normalized spacial score (nSPS) is 11.9. The molecule has 0 bridgehead atoms. The maximum absolute atomic E-state index is 13.7. The molecule has 1 atom stereocenters. The van der Waals surface area contributed by atoms with Crippen molar-refractivity contribution >= 4 is 27.5 Å². The second-order valence-electron chi connectivity index (χ2n) is 8.14. The zero-order valence-electron chi connectivity index (χ0n) is 21.2. The van der Waals surface area contributed by atoms with E-state index in [2.05, 4.69) is 5.32 Å². The molecule has 1 N–H and O–H groups in total. The molecule has 0 aromatic heterocycles. The Kier molecular flexibility index (Phi) is 9.94. The fourth-order valence-electron chi connectivity index (χ4n) is 3.80. The van der Waals surface area contributed by atoms with Gasteiger partial charge in [-0.15, -0.1) is 0 Å². The van der Waals surface area contributed by atoms with Gasteiger partial charge in [-0.2, -0.15) is 0 Å². The smallest absolute Gasteiger partial charge is 0.244 e. The molecule has 2 aromatic carbocycles. The van der Waals surface area contributed by atoms with Crippen molar-refractivity contribution < 1.29 is 27.5 Å². The summed E-state index contributed by atoms with van der Waals surface area (Å²) in [6, 6.07) is 11.5. The highest BCUT2D eigenvalue weighted by Gasteiger charge is 2.32. The number of hydrogen-bond acceptors (Lipinski definition) is 6. The quantitative estimate of drug-likeness (QED) is 0.476. The average Bonchev–Trinajstić information content (AvgIpc) is 2.81. The first-order chi connectivity index (χ1) is 16.5. The third-order valence-corrected chi connectivity index (χ3v) is 6.63. The third-order valence-electron chi connectivity index (χ3n) is 5.51. The summed E-state index contributed by atoms with van der Waals surface area (Å²) in [6.07, 6.45) is 1.39. The Labute approximate surface area is 208 Å². The molecule has 0 saturated heterocycles. The lowest BCUT2D eigenvalue weighted by atomic mass is 10.1. The first kappa shape index (κ1) is 28.0. The molecule has 0 saturated carbocycles. The molecule has 0 fully saturated rings. The Hall–Kier alpha value is -3.27. The molecule has 0 aliphatic carbocycles. The van der Waals surface area contributed by atoms with Crippen molar-refractivity contribution in [3.8, 4) is 11.5 Å². The Balaban J connectivity index is 2.50. The summed E-state index contributed by atoms with van der Waals surface area (Å²) < 4.78 is 37.1. The molecule has 35 heavy (non-hydrogen) atoms. The standard InChI is InChI=1S/C25H35N3O6S/c1-7-21(25(30)26-8-2)27(16-19-11-9-10-18(3)14-19)24(29)17-28(35(6,31)32)22-13-12-20(33-4)15-23(22)34-5/h9-15,21H,7-8,16-17H2,1-6H3,(H,26,30). The zero-order chi connectivity index (χ0) is 26.2. The summed E-state index contributed by atoms with van der Waals surface area (Å²) in [6.45, 7) is 5.64. The highest BCUT2D eigenvalue weighted by atomic mass is 32.2. The fourth-order valence-corrected chi connectivity index (χ4v) is 4.66. The Morgan fingerprint density at radius 1 is 1.06 bits per heavy atom. The summed E-state index contributed by atoms with van der Waals surface area (Å²) in [4.78, 5) is 27.9. The van der Waals surface area contributed by atoms with Crippen molar-refractivity contribution in [2.45, 2.75) is 39.8 Å². The topological polar surface area (TPSA) is 105 Å². The van der Waals surface area contributed by atoms with E-state index >= 15 is 0 Å². The van der Waals surface area contributed by atoms with Crippen LogP contribution in [0.2, 0.25) is 0 Å². The second kappa shape index (κ2) is 12.4. The summed E-state index contributed by atoms with van der Waals surface area (Å²) in [5.74, 6) is -0.0749. The molecular formula is C25H35N3O6S. The van der Waals surface area contributed by atoms with Crippen LogP contribution in [0.5, 0.6) is 11.5 Å². The molecule has 10 heteroatoms. The lowest BCUT2D eigenvalue weighted by molar-refractivity contribution is -0.140. The monoisotopic (exact) mass is 505 g/mol. The van der Waals surface area contributed by atoms with Gasteiger partial charge in [0.15, 0.2) is 0 Å². The number of ether oxygens (including phenoxy) is 2. The van der Waals surface area contributed by atoms with Gasteiger partial charge in [-0.1, -0.05) is 36.8 Å². The van der Waals surface area contributed by atoms with Gasteiger partial charge in [0.1, 0.15) is 24.1 Å². The molecule has 1 unspecified atom stereocenters. The SMILES string of the molecule is CCNC(=O)C(CC)N(Cc1cccc(C)c1)C(=O)CN(c1ccc(OC)cc1OC)S(C)(=O)=O. The zero-order valence-corrected chi connectivity index (χ0v) is 22.0. The van der Waals surface area contributed by atoms with Crippen molar-refractivity contribution in [3.05, 3.63) is 53.6 Å². The molecule has 0 aliphatic rings. The number of carbonyl (C=O) groups is 2. The van der Waals surface area contributed by atoms with Gasteiger partial charge in [-0.3, -0.25) is 13.9 Å². The van der Waals surface area contributed by atoms with Crippen LogP contribution in [0.25, 0.3) is 0 Å². The minimum Gasteiger partial charge on any atom is -0.497 e. The summed E-state index contributed by atoms with van der Waals surface area (Å²) in [5, 5.41) is 2.78. The number of sulfonamides is 1. The van der Waals surface area contributed by atoms with Gasteiger partial charge in [0.05, 0.1) is 26.2 Å². The molecule has 0 aliphatic heterocycles. The molecular weight excluding hydrogens is 470 g/mol. The Bertz CT molecular complexity index is 1140. The van der Waals surface area contributed by atoms with Crippen molar-refractivity contribution in [3.63, 3.8) is 0 Å². The van der Waals surface area contributed by atoms with Crippen molar-refractivity contribution in [1.29, 1.82) is 0 Å². The number of hydrogen-bond donors (Lipinski definition) is 1. The summed E-state index contributed by atoms with van der Waals surface area (Å²) in [5.41, 5.74) is 2.06. The van der Waals surface area contributed by atoms with Gasteiger partial charge in [-0.05, 0) is 38.0 Å². The number of anilines is 1. The maximum atomic E-state index is 13.7. The van der Waals surface area contributed by atoms with Gasteiger partial charge in [-0.25, -0.2) is 8.42 Å². The Morgan fingerprint density at radius 3 is 2.31 bits per heavy atom. The predicted molar refractivity (Wildman–Crippen MR) is 136 cm³/mol. The minimum absolute atomic E-state index is 0.160. The number of nitrogens with zero attached hydrogens (tertiary/aromatic N) is 2. The summed E-state index contributed by atoms with van der Waals surface area (Å²) >= 11 is 0. The third kappa shape index (κ3) is 7.35. The predicted octanol–water partition coefficient (Wildman–Crippen LogP) is 2.72. The number of rotatable bonds is 12. The number of carbonyl (C=O) groups excluding carboxylic acids is 2. The molecule has 2 aromatic rings. The molecule has 0 heterocycles. The lowest BCUT2D eigenvalue weighted by Crippen LogP contribution is -2.52. The molecule has 9 nitrogen and oxygen atoms in total. The van der Waals surface area contributed by atoms with E-state index in [-0.39, 0.29) is 23.9 Å². The lowest BCUT2D eigenvalue weighted by Gasteiger charge is -2.33. The average molecular weight is 506 g/mol. The highest BCUT2D eigenvalue weighted by molar-refractivity contribution is 7.92. The van der Waals surface area contributed by atoms with Crippen LogP contribution in [0.4, 0.5) is 5.69 Å². The van der Waals surface area contributed by atoms with Crippen LogP contribution in [0.15, 0.2) is 42.5 Å². The molecule has 0 spiro atoms. The van der Waals surface area contributed by atoms with Crippen molar-refractivity contribution in [1.82, 2.24) is 10.2 Å². The van der Waals surface area contributed by atoms with Crippen molar-refractivity contribution in [2.24, 2.45) is 0 Å². The molecule has 2 rings (SSSR count). The first-order valence-corrected chi connectivity index (χ1v) is 13.2. The van der Waals surface area contributed by atoms with E-state index in [1.165, 1.54) is 25.2 Å². The number of benzene rings is 2. The van der Waals surface area contributed by atoms with Crippen LogP contribution in [0, 0.1) is 6.92 Å². The van der Waals surface area contributed by atoms with Gasteiger partial charge in [0, 0.05) is 19.2 Å². The first-order valence-electron chi connectivity index (χ1n) is 11.4. The van der Waals surface area contributed by atoms with E-state index in [0.29, 0.717) is 18.7 Å². The van der Waals surface area contributed by atoms with Crippen LogP contribution in [-0.2, 0) is 26.2 Å². The summed E-state index contributed by atoms with van der Waals surface area (Å²) in [7, 11) is -0.979. The number of nitrogens with one attached hydrogen (secondary N) is 1. The van der Waals surface area contributed by atoms with E-state index in [0.717, 1.165) is 21.7 Å². The maximum Gasteiger partial charge on any atom is 0.244 e. The van der Waals surface area contributed by atoms with Gasteiger partial charge in [0.2, 0.25) is 21.8 Å². The number of amides is 2. The molecule has 2 amide bonds. The molecule has 0 radical (unpaired) electrons. The van der Waals surface area contributed by atoms with E-state index in [4.69, 9.17) is 9.47 Å². The Morgan fingerprint density at radius 2 is 1.77 bits per heavy atom. The fraction of sp³-hybridized carbons (Fsp3) is 0.440. The van der Waals surface area contributed by atoms with E-state index in [1.54, 1.807) is 19.1 Å². The number of aryl methyl sites for hydroxylation is 1. The van der Waals surface area contributed by atoms with Gasteiger partial charge >= 0.3 is 0 Å².